The Labute approximate surface area is 123 Å². The van der Waals surface area contributed by atoms with Gasteiger partial charge in [-0.3, -0.25) is 15.0 Å². The lowest BCUT2D eigenvalue weighted by atomic mass is 10.1. The minimum Gasteiger partial charge on any atom is -0.298 e. The van der Waals surface area contributed by atoms with Gasteiger partial charge in [0, 0.05) is 42.5 Å². The summed E-state index contributed by atoms with van der Waals surface area (Å²) in [6.45, 7) is 3.23. The number of hydrogen-bond acceptors (Lipinski definition) is 3. The van der Waals surface area contributed by atoms with Gasteiger partial charge in [0.05, 0.1) is 5.52 Å². The zero-order valence-corrected chi connectivity index (χ0v) is 11.9. The molecule has 0 radical (unpaired) electrons. The Balaban J connectivity index is 1.54. The van der Waals surface area contributed by atoms with Crippen LogP contribution in [0.25, 0.3) is 10.9 Å². The summed E-state index contributed by atoms with van der Waals surface area (Å²) in [6, 6.07) is 12.6. The van der Waals surface area contributed by atoms with Crippen molar-refractivity contribution in [3.05, 3.63) is 60.0 Å². The molecule has 4 rings (SSSR count). The first kappa shape index (κ1) is 12.5. The number of likely N-dealkylation sites (tertiary alicyclic amines) is 1. The van der Waals surface area contributed by atoms with Crippen molar-refractivity contribution < 1.29 is 0 Å². The molecule has 4 nitrogen and oxygen atoms in total. The molecule has 4 heteroatoms. The summed E-state index contributed by atoms with van der Waals surface area (Å²) in [5.41, 5.74) is 3.71. The highest BCUT2D eigenvalue weighted by Gasteiger charge is 2.24. The lowest BCUT2D eigenvalue weighted by Crippen LogP contribution is -2.20. The van der Waals surface area contributed by atoms with Crippen LogP contribution in [0.4, 0.5) is 0 Å². The van der Waals surface area contributed by atoms with Crippen molar-refractivity contribution in [2.75, 3.05) is 13.1 Å². The van der Waals surface area contributed by atoms with Crippen molar-refractivity contribution in [1.29, 1.82) is 0 Å². The Morgan fingerprint density at radius 3 is 3.00 bits per heavy atom. The number of aromatic nitrogens is 3. The smallest absolute Gasteiger partial charge is 0.0705 e. The zero-order valence-electron chi connectivity index (χ0n) is 11.9. The molecule has 1 aliphatic heterocycles. The first-order valence-electron chi connectivity index (χ1n) is 7.44. The van der Waals surface area contributed by atoms with Gasteiger partial charge < -0.3 is 0 Å². The van der Waals surface area contributed by atoms with Crippen LogP contribution < -0.4 is 0 Å². The molecular formula is C17H18N4. The number of benzene rings is 1. The Bertz CT molecular complexity index is 730. The first-order chi connectivity index (χ1) is 10.4. The number of H-pyrrole nitrogens is 1. The summed E-state index contributed by atoms with van der Waals surface area (Å²) in [4.78, 5) is 6.96. The maximum Gasteiger partial charge on any atom is 0.0705 e. The molecular weight excluding hydrogens is 260 g/mol. The van der Waals surface area contributed by atoms with Crippen molar-refractivity contribution in [1.82, 2.24) is 20.1 Å². The topological polar surface area (TPSA) is 44.8 Å². The van der Waals surface area contributed by atoms with E-state index >= 15 is 0 Å². The third kappa shape index (κ3) is 2.43. The largest absolute Gasteiger partial charge is 0.298 e. The van der Waals surface area contributed by atoms with E-state index in [1.807, 2.05) is 18.5 Å². The lowest BCUT2D eigenvalue weighted by Gasteiger charge is -2.17. The molecule has 0 amide bonds. The fourth-order valence-corrected chi connectivity index (χ4v) is 3.26. The van der Waals surface area contributed by atoms with Crippen LogP contribution in [0.2, 0.25) is 0 Å². The van der Waals surface area contributed by atoms with E-state index in [-0.39, 0.29) is 0 Å². The fraction of sp³-hybridized carbons (Fsp3) is 0.294. The van der Waals surface area contributed by atoms with E-state index in [2.05, 4.69) is 50.4 Å². The summed E-state index contributed by atoms with van der Waals surface area (Å²) in [6.07, 6.45) is 4.96. The van der Waals surface area contributed by atoms with Gasteiger partial charge in [-0.2, -0.15) is 5.10 Å². The Morgan fingerprint density at radius 1 is 1.14 bits per heavy atom. The van der Waals surface area contributed by atoms with Gasteiger partial charge in [-0.1, -0.05) is 18.2 Å². The molecule has 0 aliphatic carbocycles. The molecule has 0 spiro atoms. The average Bonchev–Trinajstić information content (AvgIpc) is 3.18. The maximum absolute atomic E-state index is 4.44. The normalized spacial score (nSPS) is 19.3. The second kappa shape index (κ2) is 5.30. The van der Waals surface area contributed by atoms with E-state index in [0.29, 0.717) is 5.92 Å². The van der Waals surface area contributed by atoms with Crippen molar-refractivity contribution in [3.8, 4) is 0 Å². The molecule has 1 fully saturated rings. The Hall–Kier alpha value is -2.20. The van der Waals surface area contributed by atoms with Gasteiger partial charge in [-0.15, -0.1) is 0 Å². The maximum atomic E-state index is 4.44. The number of nitrogens with one attached hydrogen (secondary N) is 1. The molecule has 2 aromatic heterocycles. The fourth-order valence-electron chi connectivity index (χ4n) is 3.26. The van der Waals surface area contributed by atoms with Crippen LogP contribution in [0.5, 0.6) is 0 Å². The minimum atomic E-state index is 0.584. The van der Waals surface area contributed by atoms with Crippen LogP contribution in [0.1, 0.15) is 23.6 Å². The molecule has 1 aliphatic rings. The third-order valence-electron chi connectivity index (χ3n) is 4.37. The van der Waals surface area contributed by atoms with Crippen LogP contribution in [-0.4, -0.2) is 33.2 Å². The molecule has 1 atom stereocenters. The standard InChI is InChI=1S/C17H18N4/c1-2-4-17-15(3-1)13(5-8-18-17)11-21-10-7-14(12-21)16-6-9-19-20-16/h1-6,8-9,14H,7,10-12H2,(H,19,20). The molecule has 0 bridgehead atoms. The van der Waals surface area contributed by atoms with Crippen LogP contribution >= 0.6 is 0 Å². The molecule has 21 heavy (non-hydrogen) atoms. The van der Waals surface area contributed by atoms with Gasteiger partial charge in [-0.25, -0.2) is 0 Å². The zero-order chi connectivity index (χ0) is 14.1. The van der Waals surface area contributed by atoms with E-state index in [0.717, 1.165) is 25.2 Å². The van der Waals surface area contributed by atoms with Gasteiger partial charge in [0.15, 0.2) is 0 Å². The second-order valence-corrected chi connectivity index (χ2v) is 5.72. The highest BCUT2D eigenvalue weighted by atomic mass is 15.2. The van der Waals surface area contributed by atoms with Crippen LogP contribution in [0, 0.1) is 0 Å². The Kier molecular flexibility index (Phi) is 3.16. The third-order valence-corrected chi connectivity index (χ3v) is 4.37. The van der Waals surface area contributed by atoms with Crippen molar-refractivity contribution in [2.45, 2.75) is 18.9 Å². The molecule has 3 aromatic rings. The van der Waals surface area contributed by atoms with Crippen LogP contribution in [0.3, 0.4) is 0 Å². The average molecular weight is 278 g/mol. The quantitative estimate of drug-likeness (QED) is 0.801. The monoisotopic (exact) mass is 278 g/mol. The lowest BCUT2D eigenvalue weighted by molar-refractivity contribution is 0.327. The van der Waals surface area contributed by atoms with Crippen molar-refractivity contribution in [2.24, 2.45) is 0 Å². The summed E-state index contributed by atoms with van der Waals surface area (Å²) >= 11 is 0. The molecule has 1 aromatic carbocycles. The molecule has 3 heterocycles. The summed E-state index contributed by atoms with van der Waals surface area (Å²) in [5.74, 6) is 0.584. The van der Waals surface area contributed by atoms with E-state index in [4.69, 9.17) is 0 Å². The van der Waals surface area contributed by atoms with Crippen molar-refractivity contribution in [3.63, 3.8) is 0 Å². The summed E-state index contributed by atoms with van der Waals surface area (Å²) < 4.78 is 0. The Morgan fingerprint density at radius 2 is 2.10 bits per heavy atom. The van der Waals surface area contributed by atoms with Crippen molar-refractivity contribution >= 4 is 10.9 Å². The van der Waals surface area contributed by atoms with Gasteiger partial charge >= 0.3 is 0 Å². The molecule has 1 unspecified atom stereocenters. The highest BCUT2D eigenvalue weighted by Crippen LogP contribution is 2.27. The van der Waals surface area contributed by atoms with Gasteiger partial charge in [0.1, 0.15) is 0 Å². The predicted octanol–water partition coefficient (Wildman–Crippen LogP) is 2.95. The number of rotatable bonds is 3. The highest BCUT2D eigenvalue weighted by molar-refractivity contribution is 5.81. The van der Waals surface area contributed by atoms with E-state index in [9.17, 15) is 0 Å². The van der Waals surface area contributed by atoms with E-state index in [1.54, 1.807) is 0 Å². The number of para-hydroxylation sites is 1. The summed E-state index contributed by atoms with van der Waals surface area (Å²) in [7, 11) is 0. The number of fused-ring (bicyclic) bond motifs is 1. The molecule has 106 valence electrons. The number of aromatic amines is 1. The van der Waals surface area contributed by atoms with Gasteiger partial charge in [0.25, 0.3) is 0 Å². The number of pyridine rings is 1. The van der Waals surface area contributed by atoms with Gasteiger partial charge in [-0.05, 0) is 36.7 Å². The second-order valence-electron chi connectivity index (χ2n) is 5.72. The molecule has 1 N–H and O–H groups in total. The summed E-state index contributed by atoms with van der Waals surface area (Å²) in [5, 5.41) is 8.44. The van der Waals surface area contributed by atoms with Gasteiger partial charge in [0.2, 0.25) is 0 Å². The van der Waals surface area contributed by atoms with Crippen LogP contribution in [0.15, 0.2) is 48.8 Å². The number of hydrogen-bond donors (Lipinski definition) is 1. The minimum absolute atomic E-state index is 0.584. The molecule has 1 saturated heterocycles. The van der Waals surface area contributed by atoms with Crippen LogP contribution in [-0.2, 0) is 6.54 Å². The molecule has 0 saturated carbocycles. The van der Waals surface area contributed by atoms with E-state index < -0.39 is 0 Å². The van der Waals surface area contributed by atoms with E-state index in [1.165, 1.54) is 23.1 Å². The SMILES string of the molecule is c1ccc2c(CN3CCC(c4ccn[nH]4)C3)ccnc2c1. The number of nitrogens with zero attached hydrogens (tertiary/aromatic N) is 3. The first-order valence-corrected chi connectivity index (χ1v) is 7.44. The predicted molar refractivity (Wildman–Crippen MR) is 83.0 cm³/mol.